The second-order valence-corrected chi connectivity index (χ2v) is 10.6. The first-order valence-corrected chi connectivity index (χ1v) is 13.4. The fourth-order valence-electron chi connectivity index (χ4n) is 5.44. The maximum absolute atomic E-state index is 14.6. The predicted octanol–water partition coefficient (Wildman–Crippen LogP) is 4.78. The van der Waals surface area contributed by atoms with Crippen molar-refractivity contribution >= 4 is 22.9 Å². The average molecular weight is 556 g/mol. The summed E-state index contributed by atoms with van der Waals surface area (Å²) in [4.78, 5) is 42.7. The zero-order chi connectivity index (χ0) is 29.6. The molecule has 1 fully saturated rings. The number of fused-ring (bicyclic) bond motifs is 1. The minimum atomic E-state index is -1.01. The number of hydrogen-bond donors (Lipinski definition) is 1. The van der Waals surface area contributed by atoms with Gasteiger partial charge in [-0.2, -0.15) is 10.2 Å². The number of piperazine rings is 1. The molecule has 1 unspecified atom stereocenters. The minimum absolute atomic E-state index is 0.0287. The first-order chi connectivity index (χ1) is 19.5. The Labute approximate surface area is 236 Å². The van der Waals surface area contributed by atoms with Crippen molar-refractivity contribution < 1.29 is 14.3 Å². The molecule has 1 amide bonds. The van der Waals surface area contributed by atoms with Gasteiger partial charge in [-0.25, -0.2) is 23.5 Å². The molecule has 3 aromatic heterocycles. The molecule has 0 spiro atoms. The van der Waals surface area contributed by atoms with Crippen LogP contribution in [0, 0.1) is 31.0 Å². The highest BCUT2D eigenvalue weighted by Gasteiger charge is 2.31. The number of amides is 1. The van der Waals surface area contributed by atoms with E-state index in [1.165, 1.54) is 15.5 Å². The second-order valence-electron chi connectivity index (χ2n) is 10.6. The molecule has 10 nitrogen and oxygen atoms in total. The van der Waals surface area contributed by atoms with Gasteiger partial charge in [0, 0.05) is 37.4 Å². The number of benzene rings is 1. The van der Waals surface area contributed by atoms with Gasteiger partial charge in [-0.15, -0.1) is 0 Å². The van der Waals surface area contributed by atoms with Crippen molar-refractivity contribution in [3.8, 4) is 23.0 Å². The summed E-state index contributed by atoms with van der Waals surface area (Å²) in [6.07, 6.45) is 0.678. The lowest BCUT2D eigenvalue weighted by Crippen LogP contribution is -2.54. The summed E-state index contributed by atoms with van der Waals surface area (Å²) in [7, 11) is 0. The molecule has 1 atom stereocenters. The molecule has 4 aromatic rings. The van der Waals surface area contributed by atoms with Crippen LogP contribution in [0.1, 0.15) is 49.1 Å². The number of aromatic nitrogens is 4. The van der Waals surface area contributed by atoms with Gasteiger partial charge in [0.25, 0.3) is 0 Å². The molecule has 0 radical (unpaired) electrons. The van der Waals surface area contributed by atoms with Crippen LogP contribution in [0.3, 0.4) is 0 Å². The molecule has 1 aliphatic rings. The van der Waals surface area contributed by atoms with Crippen molar-refractivity contribution in [2.75, 3.05) is 24.5 Å². The third-order valence-corrected chi connectivity index (χ3v) is 7.59. The van der Waals surface area contributed by atoms with Crippen LogP contribution >= 0.6 is 0 Å². The average Bonchev–Trinajstić information content (AvgIpc) is 2.93. The van der Waals surface area contributed by atoms with Gasteiger partial charge in [-0.3, -0.25) is 4.98 Å². The molecule has 210 valence electrons. The summed E-state index contributed by atoms with van der Waals surface area (Å²) in [5.41, 5.74) is 2.91. The Bertz CT molecular complexity index is 1790. The Morgan fingerprint density at radius 3 is 2.61 bits per heavy atom. The van der Waals surface area contributed by atoms with E-state index in [9.17, 15) is 24.3 Å². The number of carbonyl (C=O) groups is 1. The van der Waals surface area contributed by atoms with E-state index in [0.717, 1.165) is 5.56 Å². The number of aryl methyl sites for hydroxylation is 1. The van der Waals surface area contributed by atoms with E-state index in [1.54, 1.807) is 31.3 Å². The van der Waals surface area contributed by atoms with Crippen molar-refractivity contribution in [1.82, 2.24) is 24.4 Å². The van der Waals surface area contributed by atoms with Gasteiger partial charge in [-0.05, 0) is 56.0 Å². The molecule has 11 heteroatoms. The summed E-state index contributed by atoms with van der Waals surface area (Å²) in [6, 6.07) is 9.93. The highest BCUT2D eigenvalue weighted by Crippen LogP contribution is 2.34. The molecule has 1 aromatic carbocycles. The van der Waals surface area contributed by atoms with Crippen LogP contribution in [-0.2, 0) is 0 Å². The third-order valence-electron chi connectivity index (χ3n) is 7.59. The van der Waals surface area contributed by atoms with Crippen LogP contribution in [0.2, 0.25) is 0 Å². The Kier molecular flexibility index (Phi) is 7.17. The summed E-state index contributed by atoms with van der Waals surface area (Å²) >= 11 is 0. The lowest BCUT2D eigenvalue weighted by molar-refractivity contribution is 0.136. The molecule has 1 N–H and O–H groups in total. The molecule has 0 saturated carbocycles. The minimum Gasteiger partial charge on any atom is -0.465 e. The number of hydrogen-bond acceptors (Lipinski definition) is 7. The zero-order valence-corrected chi connectivity index (χ0v) is 23.5. The van der Waals surface area contributed by atoms with Crippen molar-refractivity contribution in [3.05, 3.63) is 75.2 Å². The number of halogens is 1. The number of anilines is 1. The smallest absolute Gasteiger partial charge is 0.407 e. The van der Waals surface area contributed by atoms with Crippen LogP contribution in [0.15, 0.2) is 41.3 Å². The first-order valence-electron chi connectivity index (χ1n) is 13.4. The Morgan fingerprint density at radius 1 is 1.20 bits per heavy atom. The Balaban J connectivity index is 1.88. The largest absolute Gasteiger partial charge is 0.465 e. The number of nitrogens with zero attached hydrogens (tertiary/aromatic N) is 7. The van der Waals surface area contributed by atoms with Crippen LogP contribution < -0.4 is 10.6 Å². The molecule has 41 heavy (non-hydrogen) atoms. The zero-order valence-electron chi connectivity index (χ0n) is 23.5. The van der Waals surface area contributed by atoms with E-state index in [0.29, 0.717) is 40.3 Å². The number of carboxylic acid groups (broad SMARTS) is 1. The van der Waals surface area contributed by atoms with Crippen LogP contribution in [0.25, 0.3) is 28.0 Å². The van der Waals surface area contributed by atoms with E-state index >= 15 is 0 Å². The molecule has 5 rings (SSSR count). The Morgan fingerprint density at radius 2 is 1.95 bits per heavy atom. The van der Waals surface area contributed by atoms with Gasteiger partial charge in [0.2, 0.25) is 0 Å². The van der Waals surface area contributed by atoms with Crippen LogP contribution in [-0.4, -0.2) is 61.3 Å². The van der Waals surface area contributed by atoms with Crippen molar-refractivity contribution in [2.45, 2.75) is 46.6 Å². The van der Waals surface area contributed by atoms with Crippen LogP contribution in [0.5, 0.6) is 0 Å². The number of pyridine rings is 2. The topological polar surface area (TPSA) is 128 Å². The van der Waals surface area contributed by atoms with Gasteiger partial charge >= 0.3 is 11.8 Å². The third kappa shape index (κ3) is 4.75. The second kappa shape index (κ2) is 10.6. The SMILES string of the molecule is Cc1ccnc(C(C)C)c1-n1c(=O)nc(N2CCN(C(=O)O)CC2C)c2cc(C#N)c(-c3cccc(F)c3C)nc21. The highest BCUT2D eigenvalue weighted by molar-refractivity contribution is 5.92. The molecule has 4 heterocycles. The van der Waals surface area contributed by atoms with Crippen LogP contribution in [0.4, 0.5) is 15.0 Å². The maximum atomic E-state index is 14.6. The van der Waals surface area contributed by atoms with Gasteiger partial charge in [0.1, 0.15) is 17.7 Å². The summed E-state index contributed by atoms with van der Waals surface area (Å²) < 4.78 is 16.0. The van der Waals surface area contributed by atoms with Gasteiger partial charge in [-0.1, -0.05) is 26.0 Å². The van der Waals surface area contributed by atoms with Crippen molar-refractivity contribution in [1.29, 1.82) is 5.26 Å². The monoisotopic (exact) mass is 555 g/mol. The molecule has 0 bridgehead atoms. The van der Waals surface area contributed by atoms with E-state index in [1.807, 2.05) is 38.7 Å². The van der Waals surface area contributed by atoms with Gasteiger partial charge in [0.05, 0.1) is 28.0 Å². The summed E-state index contributed by atoms with van der Waals surface area (Å²) in [5, 5.41) is 20.1. The fraction of sp³-hybridized carbons (Fsp3) is 0.333. The molecular formula is C30H30FN7O3. The molecule has 1 aliphatic heterocycles. The Hall–Kier alpha value is -4.85. The fourth-order valence-corrected chi connectivity index (χ4v) is 5.44. The number of nitriles is 1. The van der Waals surface area contributed by atoms with Crippen molar-refractivity contribution in [3.63, 3.8) is 0 Å². The van der Waals surface area contributed by atoms with E-state index in [-0.39, 0.29) is 42.0 Å². The van der Waals surface area contributed by atoms with E-state index in [2.05, 4.69) is 16.0 Å². The molecule has 0 aliphatic carbocycles. The molecule has 1 saturated heterocycles. The summed E-state index contributed by atoms with van der Waals surface area (Å²) in [6.45, 7) is 10.1. The van der Waals surface area contributed by atoms with Gasteiger partial charge in [0.15, 0.2) is 5.65 Å². The lowest BCUT2D eigenvalue weighted by atomic mass is 10.00. The normalized spacial score (nSPS) is 15.4. The van der Waals surface area contributed by atoms with Gasteiger partial charge < -0.3 is 14.9 Å². The lowest BCUT2D eigenvalue weighted by Gasteiger charge is -2.39. The standard InChI is InChI=1S/C30H30FN7O3/c1-16(2)24-26(17(3)9-10-33-24)38-28-22(13-20(14-32)25(34-28)21-7-6-8-23(31)19(21)5)27(35-29(38)39)37-12-11-36(30(40)41)15-18(37)4/h6-10,13,16,18H,11-12,15H2,1-5H3,(H,40,41). The quantitative estimate of drug-likeness (QED) is 0.381. The van der Waals surface area contributed by atoms with Crippen molar-refractivity contribution in [2.24, 2.45) is 0 Å². The van der Waals surface area contributed by atoms with E-state index in [4.69, 9.17) is 4.98 Å². The highest BCUT2D eigenvalue weighted by atomic mass is 19.1. The number of rotatable bonds is 4. The summed E-state index contributed by atoms with van der Waals surface area (Å²) in [5.74, 6) is -0.145. The predicted molar refractivity (Wildman–Crippen MR) is 153 cm³/mol. The maximum Gasteiger partial charge on any atom is 0.407 e. The molecular weight excluding hydrogens is 525 g/mol. The first kappa shape index (κ1) is 27.7. The van der Waals surface area contributed by atoms with E-state index < -0.39 is 17.6 Å².